The average molecular weight is 406 g/mol. The number of hydrogen-bond donors (Lipinski definition) is 0. The van der Waals surface area contributed by atoms with Gasteiger partial charge in [0.05, 0.1) is 79.3 Å². The second-order valence-electron chi connectivity index (χ2n) is 7.79. The van der Waals surface area contributed by atoms with E-state index in [-0.39, 0.29) is 11.3 Å². The molecule has 0 spiro atoms. The maximum atomic E-state index is 12.6. The molecule has 0 atom stereocenters. The second-order valence-corrected chi connectivity index (χ2v) is 7.79. The molecular weight excluding hydrogens is 366 g/mol. The zero-order chi connectivity index (χ0) is 20.5. The summed E-state index contributed by atoms with van der Waals surface area (Å²) in [7, 11) is 0. The van der Waals surface area contributed by atoms with Crippen LogP contribution < -0.4 is 0 Å². The number of hydrogen-bond acceptors (Lipinski definition) is 7. The third kappa shape index (κ3) is 15.2. The number of rotatable bonds is 1. The maximum absolute atomic E-state index is 12.6. The number of ether oxygens (including phenoxy) is 6. The Bertz CT molecular complexity index is 365. The van der Waals surface area contributed by atoms with Crippen LogP contribution in [0.25, 0.3) is 0 Å². The Morgan fingerprint density at radius 1 is 0.607 bits per heavy atom. The van der Waals surface area contributed by atoms with Gasteiger partial charge in [-0.15, -0.1) is 0 Å². The molecule has 0 aromatic carbocycles. The highest BCUT2D eigenvalue weighted by Gasteiger charge is 2.21. The van der Waals surface area contributed by atoms with Crippen LogP contribution in [0.3, 0.4) is 0 Å². The Hall–Kier alpha value is -0.770. The summed E-state index contributed by atoms with van der Waals surface area (Å²) >= 11 is 0. The lowest BCUT2D eigenvalue weighted by Gasteiger charge is -2.26. The monoisotopic (exact) mass is 405 g/mol. The van der Waals surface area contributed by atoms with E-state index in [9.17, 15) is 4.79 Å². The quantitative estimate of drug-likeness (QED) is 0.652. The zero-order valence-electron chi connectivity index (χ0n) is 17.9. The minimum absolute atomic E-state index is 0.0490. The van der Waals surface area contributed by atoms with E-state index >= 15 is 0 Å². The van der Waals surface area contributed by atoms with Crippen LogP contribution in [0.4, 0.5) is 0 Å². The van der Waals surface area contributed by atoms with Crippen LogP contribution in [0.15, 0.2) is 0 Å². The molecule has 0 aromatic heterocycles. The van der Waals surface area contributed by atoms with Crippen molar-refractivity contribution in [2.45, 2.75) is 27.2 Å². The molecule has 0 radical (unpaired) electrons. The van der Waals surface area contributed by atoms with Crippen molar-refractivity contribution in [3.63, 3.8) is 0 Å². The van der Waals surface area contributed by atoms with Gasteiger partial charge in [0, 0.05) is 19.5 Å². The number of carbonyl (C=O) groups excluding carboxylic acids is 1. The Balaban J connectivity index is 2.39. The predicted octanol–water partition coefficient (Wildman–Crippen LogP) is 1.36. The van der Waals surface area contributed by atoms with Crippen molar-refractivity contribution in [1.29, 1.82) is 0 Å². The van der Waals surface area contributed by atoms with Gasteiger partial charge < -0.3 is 33.3 Å². The van der Waals surface area contributed by atoms with Gasteiger partial charge in [0.1, 0.15) is 0 Å². The van der Waals surface area contributed by atoms with Crippen molar-refractivity contribution in [1.82, 2.24) is 4.90 Å². The number of amides is 1. The molecular formula is C20H39NO7. The van der Waals surface area contributed by atoms with Gasteiger partial charge in [-0.2, -0.15) is 0 Å². The molecule has 1 aliphatic rings. The first-order valence-electron chi connectivity index (χ1n) is 10.2. The largest absolute Gasteiger partial charge is 0.377 e. The Labute approximate surface area is 169 Å². The van der Waals surface area contributed by atoms with Gasteiger partial charge in [-0.3, -0.25) is 4.79 Å². The first kappa shape index (κ1) is 25.3. The van der Waals surface area contributed by atoms with E-state index in [1.165, 1.54) is 0 Å². The van der Waals surface area contributed by atoms with Crippen molar-refractivity contribution in [2.75, 3.05) is 92.4 Å². The summed E-state index contributed by atoms with van der Waals surface area (Å²) in [5.41, 5.74) is -0.0490. The summed E-state index contributed by atoms with van der Waals surface area (Å²) in [6.07, 6.45) is 0.499. The van der Waals surface area contributed by atoms with Crippen molar-refractivity contribution < 1.29 is 33.2 Å². The van der Waals surface area contributed by atoms with Crippen LogP contribution in [0.1, 0.15) is 27.2 Å². The maximum Gasteiger partial charge on any atom is 0.223 e. The average Bonchev–Trinajstić information content (AvgIpc) is 2.62. The van der Waals surface area contributed by atoms with Crippen LogP contribution in [0, 0.1) is 5.41 Å². The summed E-state index contributed by atoms with van der Waals surface area (Å²) < 4.78 is 33.0. The fraction of sp³-hybridized carbons (Fsp3) is 0.950. The molecule has 1 fully saturated rings. The first-order valence-corrected chi connectivity index (χ1v) is 10.2. The number of carbonyl (C=O) groups is 1. The molecule has 28 heavy (non-hydrogen) atoms. The van der Waals surface area contributed by atoms with Crippen LogP contribution >= 0.6 is 0 Å². The molecule has 8 nitrogen and oxygen atoms in total. The van der Waals surface area contributed by atoms with Gasteiger partial charge in [-0.1, -0.05) is 20.8 Å². The van der Waals surface area contributed by atoms with Gasteiger partial charge in [-0.25, -0.2) is 0 Å². The fourth-order valence-corrected chi connectivity index (χ4v) is 2.48. The van der Waals surface area contributed by atoms with Crippen LogP contribution in [-0.4, -0.2) is 103 Å². The van der Waals surface area contributed by atoms with E-state index in [1.807, 2.05) is 4.90 Å². The smallest absolute Gasteiger partial charge is 0.223 e. The van der Waals surface area contributed by atoms with Gasteiger partial charge in [0.25, 0.3) is 0 Å². The number of nitrogens with zero attached hydrogens (tertiary/aromatic N) is 1. The summed E-state index contributed by atoms with van der Waals surface area (Å²) in [6.45, 7) is 13.5. The molecule has 166 valence electrons. The van der Waals surface area contributed by atoms with Crippen LogP contribution in [0.2, 0.25) is 0 Å². The lowest BCUT2D eigenvalue weighted by atomic mass is 9.91. The fourth-order valence-electron chi connectivity index (χ4n) is 2.48. The topological polar surface area (TPSA) is 75.7 Å². The van der Waals surface area contributed by atoms with Gasteiger partial charge in [0.2, 0.25) is 5.91 Å². The highest BCUT2D eigenvalue weighted by Crippen LogP contribution is 2.19. The Morgan fingerprint density at radius 2 is 0.893 bits per heavy atom. The molecule has 1 amide bonds. The van der Waals surface area contributed by atoms with E-state index < -0.39 is 0 Å². The van der Waals surface area contributed by atoms with Crippen molar-refractivity contribution in [2.24, 2.45) is 5.41 Å². The third-order valence-corrected chi connectivity index (χ3v) is 3.91. The normalized spacial score (nSPS) is 21.6. The van der Waals surface area contributed by atoms with Crippen molar-refractivity contribution in [3.05, 3.63) is 0 Å². The predicted molar refractivity (Wildman–Crippen MR) is 106 cm³/mol. The van der Waals surface area contributed by atoms with Crippen molar-refractivity contribution >= 4 is 5.91 Å². The molecule has 0 unspecified atom stereocenters. The molecule has 0 N–H and O–H groups in total. The molecule has 1 saturated heterocycles. The third-order valence-electron chi connectivity index (χ3n) is 3.91. The van der Waals surface area contributed by atoms with E-state index in [2.05, 4.69) is 20.8 Å². The molecule has 1 aliphatic heterocycles. The van der Waals surface area contributed by atoms with Crippen molar-refractivity contribution in [3.8, 4) is 0 Å². The Morgan fingerprint density at radius 3 is 1.18 bits per heavy atom. The molecule has 1 rings (SSSR count). The minimum Gasteiger partial charge on any atom is -0.377 e. The SMILES string of the molecule is CC(C)(C)CC(=O)N1CCOCCOCCOCCOCCOCCOCC1. The van der Waals surface area contributed by atoms with Crippen LogP contribution in [-0.2, 0) is 33.2 Å². The first-order chi connectivity index (χ1) is 13.5. The van der Waals surface area contributed by atoms with Crippen LogP contribution in [0.5, 0.6) is 0 Å². The highest BCUT2D eigenvalue weighted by atomic mass is 16.6. The van der Waals surface area contributed by atoms with E-state index in [4.69, 9.17) is 28.4 Å². The van der Waals surface area contributed by atoms with Gasteiger partial charge in [0.15, 0.2) is 0 Å². The summed E-state index contributed by atoms with van der Waals surface area (Å²) in [4.78, 5) is 14.4. The van der Waals surface area contributed by atoms with Gasteiger partial charge in [-0.05, 0) is 5.41 Å². The molecule has 0 bridgehead atoms. The molecule has 0 aromatic rings. The molecule has 1 heterocycles. The molecule has 8 heteroatoms. The highest BCUT2D eigenvalue weighted by molar-refractivity contribution is 5.76. The molecule has 0 saturated carbocycles. The summed E-state index contributed by atoms with van der Waals surface area (Å²) in [6, 6.07) is 0. The standard InChI is InChI=1S/C20H39NO7/c1-20(2,3)18-19(22)21-4-6-23-8-10-25-12-14-27-16-17-28-15-13-26-11-9-24-7-5-21/h4-18H2,1-3H3. The summed E-state index contributed by atoms with van der Waals surface area (Å²) in [5.74, 6) is 0.125. The minimum atomic E-state index is -0.0490. The molecule has 0 aliphatic carbocycles. The van der Waals surface area contributed by atoms with Gasteiger partial charge >= 0.3 is 0 Å². The van der Waals surface area contributed by atoms with E-state index in [0.29, 0.717) is 98.8 Å². The van der Waals surface area contributed by atoms with E-state index in [1.54, 1.807) is 0 Å². The summed E-state index contributed by atoms with van der Waals surface area (Å²) in [5, 5.41) is 0. The lowest BCUT2D eigenvalue weighted by molar-refractivity contribution is -0.134. The Kier molecular flexibility index (Phi) is 14.5. The second kappa shape index (κ2) is 16.1. The van der Waals surface area contributed by atoms with E-state index in [0.717, 1.165) is 0 Å². The lowest BCUT2D eigenvalue weighted by Crippen LogP contribution is -2.38. The zero-order valence-corrected chi connectivity index (χ0v) is 17.9.